The van der Waals surface area contributed by atoms with E-state index in [4.69, 9.17) is 25.4 Å². The summed E-state index contributed by atoms with van der Waals surface area (Å²) in [5, 5.41) is 2.05. The molecule has 33 heavy (non-hydrogen) atoms. The van der Waals surface area contributed by atoms with Crippen LogP contribution in [0.1, 0.15) is 67.7 Å². The molecular weight excluding hydrogens is 456 g/mol. The van der Waals surface area contributed by atoms with Crippen molar-refractivity contribution in [2.45, 2.75) is 78.6 Å². The van der Waals surface area contributed by atoms with Gasteiger partial charge < -0.3 is 18.9 Å². The van der Waals surface area contributed by atoms with Crippen LogP contribution in [0.15, 0.2) is 0 Å². The highest BCUT2D eigenvalue weighted by molar-refractivity contribution is 8.16. The Morgan fingerprint density at radius 3 is 2.09 bits per heavy atom. The minimum atomic E-state index is -0.435. The van der Waals surface area contributed by atoms with Gasteiger partial charge in [-0.25, -0.2) is 0 Å². The molecule has 1 aliphatic rings. The number of carbonyl (C=O) groups is 1. The Hall–Kier alpha value is -0.390. The zero-order chi connectivity index (χ0) is 25.1. The summed E-state index contributed by atoms with van der Waals surface area (Å²) in [6.45, 7) is 17.8. The Kier molecular flexibility index (Phi) is 19.6. The Morgan fingerprint density at radius 2 is 1.58 bits per heavy atom. The molecule has 1 fully saturated rings. The number of terminal acetylenes is 1. The fourth-order valence-corrected chi connectivity index (χ4v) is 6.03. The number of hydrogen-bond donors (Lipinski definition) is 0. The minimum Gasteiger partial charge on any atom is -0.460 e. The van der Waals surface area contributed by atoms with Crippen LogP contribution in [0.5, 0.6) is 0 Å². The third-order valence-corrected chi connectivity index (χ3v) is 7.82. The van der Waals surface area contributed by atoms with Crippen molar-refractivity contribution in [1.82, 2.24) is 0 Å². The summed E-state index contributed by atoms with van der Waals surface area (Å²) in [6, 6.07) is 0. The molecule has 1 heterocycles. The summed E-state index contributed by atoms with van der Waals surface area (Å²) in [5.74, 6) is 6.02. The van der Waals surface area contributed by atoms with Crippen LogP contribution in [-0.2, 0) is 23.7 Å². The first-order valence-corrected chi connectivity index (χ1v) is 14.3. The molecule has 0 spiro atoms. The van der Waals surface area contributed by atoms with Gasteiger partial charge in [-0.15, -0.1) is 24.1 Å². The molecule has 0 aromatic heterocycles. The van der Waals surface area contributed by atoms with Crippen LogP contribution in [-0.4, -0.2) is 67.3 Å². The Labute approximate surface area is 212 Å². The van der Waals surface area contributed by atoms with Gasteiger partial charge >= 0.3 is 5.97 Å². The van der Waals surface area contributed by atoms with E-state index >= 15 is 0 Å². The van der Waals surface area contributed by atoms with E-state index in [1.807, 2.05) is 32.5 Å². The molecule has 1 saturated heterocycles. The summed E-state index contributed by atoms with van der Waals surface area (Å²) in [6.07, 6.45) is 7.66. The monoisotopic (exact) mass is 504 g/mol. The molecule has 0 saturated carbocycles. The van der Waals surface area contributed by atoms with Gasteiger partial charge in [0.15, 0.2) is 0 Å². The third kappa shape index (κ3) is 20.7. The number of hydrogen-bond acceptors (Lipinski definition) is 7. The first kappa shape index (κ1) is 32.6. The predicted molar refractivity (Wildman–Crippen MR) is 143 cm³/mol. The first-order valence-electron chi connectivity index (χ1n) is 12.1. The number of rotatable bonds is 14. The summed E-state index contributed by atoms with van der Waals surface area (Å²) < 4.78 is 21.3. The molecule has 5 nitrogen and oxygen atoms in total. The quantitative estimate of drug-likeness (QED) is 0.166. The molecular formula is C26H48O5S2. The van der Waals surface area contributed by atoms with Gasteiger partial charge in [-0.05, 0) is 50.7 Å². The standard InChI is InChI=1S/C16H32O5.C10H16S2/c1-14(2)6-8-18-10-12-20-13-11-19-9-7-15(17)21-16(3,4)5;1-4-5-9-6-11-7-12-10(9)8(2)3/h14H,6-13H2,1-5H3;1,8-10H,5-7H2,2-3H3. The van der Waals surface area contributed by atoms with Gasteiger partial charge in [0.2, 0.25) is 0 Å². The van der Waals surface area contributed by atoms with Crippen LogP contribution in [0, 0.1) is 30.1 Å². The molecule has 0 aliphatic carbocycles. The van der Waals surface area contributed by atoms with Crippen molar-refractivity contribution >= 4 is 29.5 Å². The van der Waals surface area contributed by atoms with Gasteiger partial charge in [0.25, 0.3) is 0 Å². The van der Waals surface area contributed by atoms with Crippen LogP contribution >= 0.6 is 23.5 Å². The number of ether oxygens (including phenoxy) is 4. The fraction of sp³-hybridized carbons (Fsp3) is 0.885. The molecule has 0 bridgehead atoms. The third-order valence-electron chi connectivity index (χ3n) is 4.63. The molecule has 1 aliphatic heterocycles. The van der Waals surface area contributed by atoms with Gasteiger partial charge in [-0.1, -0.05) is 27.7 Å². The van der Waals surface area contributed by atoms with Crippen LogP contribution in [0.4, 0.5) is 0 Å². The second-order valence-electron chi connectivity index (χ2n) is 9.89. The van der Waals surface area contributed by atoms with Crippen LogP contribution in [0.25, 0.3) is 0 Å². The van der Waals surface area contributed by atoms with Crippen molar-refractivity contribution in [2.24, 2.45) is 17.8 Å². The average molecular weight is 505 g/mol. The lowest BCUT2D eigenvalue weighted by atomic mass is 9.95. The zero-order valence-corrected chi connectivity index (χ0v) is 23.7. The lowest BCUT2D eigenvalue weighted by molar-refractivity contribution is -0.156. The average Bonchev–Trinajstić information content (AvgIpc) is 2.71. The van der Waals surface area contributed by atoms with E-state index < -0.39 is 5.60 Å². The molecule has 7 heteroatoms. The van der Waals surface area contributed by atoms with Crippen LogP contribution in [0.3, 0.4) is 0 Å². The van der Waals surface area contributed by atoms with Gasteiger partial charge in [0.05, 0.1) is 39.5 Å². The van der Waals surface area contributed by atoms with Crippen molar-refractivity contribution in [3.8, 4) is 12.3 Å². The molecule has 0 radical (unpaired) electrons. The van der Waals surface area contributed by atoms with Gasteiger partial charge in [-0.3, -0.25) is 4.79 Å². The predicted octanol–water partition coefficient (Wildman–Crippen LogP) is 5.90. The first-order chi connectivity index (χ1) is 15.6. The van der Waals surface area contributed by atoms with Crippen molar-refractivity contribution in [2.75, 3.05) is 50.5 Å². The van der Waals surface area contributed by atoms with E-state index in [1.54, 1.807) is 0 Å². The van der Waals surface area contributed by atoms with E-state index in [0.29, 0.717) is 39.0 Å². The van der Waals surface area contributed by atoms with Crippen molar-refractivity contribution < 1.29 is 23.7 Å². The highest BCUT2D eigenvalue weighted by Gasteiger charge is 2.27. The maximum absolute atomic E-state index is 11.4. The summed E-state index contributed by atoms with van der Waals surface area (Å²) in [5.41, 5.74) is -0.435. The lowest BCUT2D eigenvalue weighted by Crippen LogP contribution is -2.28. The molecule has 2 unspecified atom stereocenters. The zero-order valence-electron chi connectivity index (χ0n) is 22.0. The Morgan fingerprint density at radius 1 is 1.00 bits per heavy atom. The maximum Gasteiger partial charge on any atom is 0.308 e. The largest absolute Gasteiger partial charge is 0.460 e. The van der Waals surface area contributed by atoms with Crippen molar-refractivity contribution in [3.05, 3.63) is 0 Å². The number of carbonyl (C=O) groups excluding carboxylic acids is 1. The lowest BCUT2D eigenvalue weighted by Gasteiger charge is -2.32. The molecule has 2 atom stereocenters. The summed E-state index contributed by atoms with van der Waals surface area (Å²) in [4.78, 5) is 11.4. The Balaban J connectivity index is 0.000000716. The van der Waals surface area contributed by atoms with Gasteiger partial charge in [-0.2, -0.15) is 11.8 Å². The van der Waals surface area contributed by atoms with E-state index in [2.05, 4.69) is 45.4 Å². The molecule has 1 rings (SSSR count). The highest BCUT2D eigenvalue weighted by atomic mass is 32.2. The van der Waals surface area contributed by atoms with Crippen molar-refractivity contribution in [3.63, 3.8) is 0 Å². The molecule has 0 aromatic rings. The fourth-order valence-electron chi connectivity index (χ4n) is 3.03. The van der Waals surface area contributed by atoms with E-state index in [-0.39, 0.29) is 12.4 Å². The molecule has 0 amide bonds. The van der Waals surface area contributed by atoms with Gasteiger partial charge in [0.1, 0.15) is 5.60 Å². The van der Waals surface area contributed by atoms with Crippen molar-refractivity contribution in [1.29, 1.82) is 0 Å². The van der Waals surface area contributed by atoms with Gasteiger partial charge in [0, 0.05) is 23.4 Å². The van der Waals surface area contributed by atoms with Crippen LogP contribution in [0.2, 0.25) is 0 Å². The smallest absolute Gasteiger partial charge is 0.308 e. The summed E-state index contributed by atoms with van der Waals surface area (Å²) >= 11 is 4.12. The molecule has 0 N–H and O–H groups in total. The SMILES string of the molecule is C#CCC1CSCSC1C(C)C.CC(C)CCOCCOCCOCCC(=O)OC(C)(C)C. The van der Waals surface area contributed by atoms with Crippen LogP contribution < -0.4 is 0 Å². The Bertz CT molecular complexity index is 526. The number of esters is 1. The number of thioether (sulfide) groups is 2. The van der Waals surface area contributed by atoms with E-state index in [0.717, 1.165) is 36.5 Å². The highest BCUT2D eigenvalue weighted by Crippen LogP contribution is 2.38. The maximum atomic E-state index is 11.4. The second-order valence-corrected chi connectivity index (χ2v) is 12.5. The normalized spacial score (nSPS) is 18.5. The minimum absolute atomic E-state index is 0.234. The second kappa shape index (κ2) is 19.9. The topological polar surface area (TPSA) is 54.0 Å². The summed E-state index contributed by atoms with van der Waals surface area (Å²) in [7, 11) is 0. The van der Waals surface area contributed by atoms with E-state index in [9.17, 15) is 4.79 Å². The molecule has 0 aromatic carbocycles. The molecule has 194 valence electrons. The van der Waals surface area contributed by atoms with E-state index in [1.165, 1.54) is 10.8 Å².